The molecule has 0 radical (unpaired) electrons. The highest BCUT2D eigenvalue weighted by Gasteiger charge is 2.24. The van der Waals surface area contributed by atoms with Gasteiger partial charge in [-0.3, -0.25) is 9.78 Å². The Bertz CT molecular complexity index is 588. The van der Waals surface area contributed by atoms with Gasteiger partial charge >= 0.3 is 0 Å². The van der Waals surface area contributed by atoms with E-state index in [4.69, 9.17) is 0 Å². The molecule has 5 heteroatoms. The zero-order valence-corrected chi connectivity index (χ0v) is 11.6. The third kappa shape index (κ3) is 2.38. The molecule has 0 unspecified atom stereocenters. The van der Waals surface area contributed by atoms with Gasteiger partial charge in [-0.25, -0.2) is 4.98 Å². The Morgan fingerprint density at radius 3 is 2.79 bits per heavy atom. The number of hydrogen-bond acceptors (Lipinski definition) is 4. The largest absolute Gasteiger partial charge is 0.338 e. The first-order valence-corrected chi connectivity index (χ1v) is 7.25. The lowest BCUT2D eigenvalue weighted by Crippen LogP contribution is -2.27. The topological polar surface area (TPSA) is 46.1 Å². The minimum absolute atomic E-state index is 0.120. The van der Waals surface area contributed by atoms with Crippen LogP contribution in [-0.2, 0) is 0 Å². The normalized spacial score (nSPS) is 14.9. The van der Waals surface area contributed by atoms with Crippen molar-refractivity contribution in [3.63, 3.8) is 0 Å². The van der Waals surface area contributed by atoms with E-state index in [9.17, 15) is 4.79 Å². The van der Waals surface area contributed by atoms with Gasteiger partial charge in [-0.1, -0.05) is 6.07 Å². The highest BCUT2D eigenvalue weighted by atomic mass is 32.1. The third-order valence-electron chi connectivity index (χ3n) is 3.27. The molecule has 2 aromatic heterocycles. The molecule has 1 aliphatic heterocycles. The summed E-state index contributed by atoms with van der Waals surface area (Å²) in [6, 6.07) is 5.73. The Balaban J connectivity index is 1.91. The fourth-order valence-electron chi connectivity index (χ4n) is 2.26. The molecule has 1 fully saturated rings. The number of aromatic nitrogens is 2. The number of likely N-dealkylation sites (tertiary alicyclic amines) is 1. The molecule has 0 N–H and O–H groups in total. The Kier molecular flexibility index (Phi) is 3.29. The van der Waals surface area contributed by atoms with Crippen LogP contribution in [0.4, 0.5) is 0 Å². The number of thiazole rings is 1. The number of aryl methyl sites for hydroxylation is 1. The van der Waals surface area contributed by atoms with Gasteiger partial charge in [0.25, 0.3) is 5.91 Å². The van der Waals surface area contributed by atoms with Crippen LogP contribution in [0.5, 0.6) is 0 Å². The van der Waals surface area contributed by atoms with Crippen molar-refractivity contribution in [2.45, 2.75) is 19.8 Å². The van der Waals surface area contributed by atoms with Crippen LogP contribution in [-0.4, -0.2) is 33.9 Å². The van der Waals surface area contributed by atoms with E-state index in [2.05, 4.69) is 9.97 Å². The Morgan fingerprint density at radius 2 is 2.11 bits per heavy atom. The minimum atomic E-state index is 0.120. The van der Waals surface area contributed by atoms with Gasteiger partial charge < -0.3 is 4.90 Å². The van der Waals surface area contributed by atoms with Crippen molar-refractivity contribution in [3.05, 3.63) is 35.0 Å². The lowest BCUT2D eigenvalue weighted by molar-refractivity contribution is 0.0796. The number of amides is 1. The number of pyridine rings is 1. The summed E-state index contributed by atoms with van der Waals surface area (Å²) in [4.78, 5) is 23.8. The number of carbonyl (C=O) groups excluding carboxylic acids is 1. The highest BCUT2D eigenvalue weighted by molar-refractivity contribution is 7.17. The molecule has 0 atom stereocenters. The van der Waals surface area contributed by atoms with Gasteiger partial charge in [0.15, 0.2) is 0 Å². The Hall–Kier alpha value is -1.75. The molecule has 2 aromatic rings. The van der Waals surface area contributed by atoms with Crippen LogP contribution in [0.15, 0.2) is 24.4 Å². The maximum absolute atomic E-state index is 12.4. The Morgan fingerprint density at radius 1 is 1.32 bits per heavy atom. The van der Waals surface area contributed by atoms with Crippen LogP contribution in [0.2, 0.25) is 0 Å². The fourth-order valence-corrected chi connectivity index (χ4v) is 3.27. The molecule has 1 amide bonds. The maximum Gasteiger partial charge on any atom is 0.265 e. The first-order chi connectivity index (χ1) is 9.25. The molecule has 19 heavy (non-hydrogen) atoms. The SMILES string of the molecule is Cc1nc(-c2ccccn2)sc1C(=O)N1CCCC1. The number of hydrogen-bond donors (Lipinski definition) is 0. The van der Waals surface area contributed by atoms with E-state index in [0.717, 1.165) is 47.2 Å². The van der Waals surface area contributed by atoms with Crippen LogP contribution in [0.3, 0.4) is 0 Å². The molecule has 4 nitrogen and oxygen atoms in total. The van der Waals surface area contributed by atoms with Gasteiger partial charge in [-0.2, -0.15) is 0 Å². The number of nitrogens with zero attached hydrogens (tertiary/aromatic N) is 3. The van der Waals surface area contributed by atoms with Gasteiger partial charge in [0, 0.05) is 19.3 Å². The minimum Gasteiger partial charge on any atom is -0.338 e. The first-order valence-electron chi connectivity index (χ1n) is 6.44. The van der Waals surface area contributed by atoms with Crippen LogP contribution in [0, 0.1) is 6.92 Å². The molecule has 1 saturated heterocycles. The molecule has 3 heterocycles. The average Bonchev–Trinajstić information content (AvgIpc) is 3.08. The summed E-state index contributed by atoms with van der Waals surface area (Å²) < 4.78 is 0. The van der Waals surface area contributed by atoms with Crippen molar-refractivity contribution in [2.75, 3.05) is 13.1 Å². The summed E-state index contributed by atoms with van der Waals surface area (Å²) in [6.45, 7) is 3.64. The van der Waals surface area contributed by atoms with Crippen LogP contribution in [0.1, 0.15) is 28.2 Å². The molecule has 0 saturated carbocycles. The standard InChI is InChI=1S/C14H15N3OS/c1-10-12(14(18)17-8-4-5-9-17)19-13(16-10)11-6-2-3-7-15-11/h2-3,6-7H,4-5,8-9H2,1H3. The zero-order valence-electron chi connectivity index (χ0n) is 10.8. The molecular weight excluding hydrogens is 258 g/mol. The van der Waals surface area contributed by atoms with Crippen molar-refractivity contribution < 1.29 is 4.79 Å². The van der Waals surface area contributed by atoms with Crippen molar-refractivity contribution in [3.8, 4) is 10.7 Å². The summed E-state index contributed by atoms with van der Waals surface area (Å²) in [5.41, 5.74) is 1.64. The van der Waals surface area contributed by atoms with E-state index in [1.54, 1.807) is 6.20 Å². The van der Waals surface area contributed by atoms with E-state index >= 15 is 0 Å². The highest BCUT2D eigenvalue weighted by Crippen LogP contribution is 2.28. The molecule has 1 aliphatic rings. The summed E-state index contributed by atoms with van der Waals surface area (Å²) >= 11 is 1.44. The lowest BCUT2D eigenvalue weighted by atomic mass is 10.3. The lowest BCUT2D eigenvalue weighted by Gasteiger charge is -2.13. The molecule has 0 spiro atoms. The Labute approximate surface area is 116 Å². The predicted octanol–water partition coefficient (Wildman–Crippen LogP) is 2.75. The molecule has 98 valence electrons. The van der Waals surface area contributed by atoms with Gasteiger partial charge in [0.05, 0.1) is 11.4 Å². The van der Waals surface area contributed by atoms with Crippen LogP contribution < -0.4 is 0 Å². The van der Waals surface area contributed by atoms with E-state index in [-0.39, 0.29) is 5.91 Å². The molecule has 0 bridgehead atoms. The fraction of sp³-hybridized carbons (Fsp3) is 0.357. The molecule has 0 aromatic carbocycles. The van der Waals surface area contributed by atoms with Crippen molar-refractivity contribution in [2.24, 2.45) is 0 Å². The summed E-state index contributed by atoms with van der Waals surface area (Å²) in [5, 5.41) is 0.820. The summed E-state index contributed by atoms with van der Waals surface area (Å²) in [7, 11) is 0. The predicted molar refractivity (Wildman–Crippen MR) is 75.2 cm³/mol. The van der Waals surface area contributed by atoms with Crippen molar-refractivity contribution in [1.29, 1.82) is 0 Å². The van der Waals surface area contributed by atoms with E-state index in [0.29, 0.717) is 0 Å². The summed E-state index contributed by atoms with van der Waals surface area (Å²) in [5.74, 6) is 0.120. The second-order valence-electron chi connectivity index (χ2n) is 4.65. The maximum atomic E-state index is 12.4. The van der Waals surface area contributed by atoms with E-state index < -0.39 is 0 Å². The van der Waals surface area contributed by atoms with Crippen LogP contribution >= 0.6 is 11.3 Å². The number of rotatable bonds is 2. The smallest absolute Gasteiger partial charge is 0.265 e. The quantitative estimate of drug-likeness (QED) is 0.845. The second-order valence-corrected chi connectivity index (χ2v) is 5.65. The molecule has 3 rings (SSSR count). The molecular formula is C14H15N3OS. The van der Waals surface area contributed by atoms with Crippen molar-refractivity contribution in [1.82, 2.24) is 14.9 Å². The monoisotopic (exact) mass is 273 g/mol. The van der Waals surface area contributed by atoms with E-state index in [1.807, 2.05) is 30.0 Å². The summed E-state index contributed by atoms with van der Waals surface area (Å²) in [6.07, 6.45) is 3.96. The number of carbonyl (C=O) groups is 1. The average molecular weight is 273 g/mol. The molecule has 0 aliphatic carbocycles. The van der Waals surface area contributed by atoms with Gasteiger partial charge in [0.1, 0.15) is 9.88 Å². The van der Waals surface area contributed by atoms with Crippen molar-refractivity contribution >= 4 is 17.2 Å². The van der Waals surface area contributed by atoms with Gasteiger partial charge in [0.2, 0.25) is 0 Å². The van der Waals surface area contributed by atoms with Crippen LogP contribution in [0.25, 0.3) is 10.7 Å². The van der Waals surface area contributed by atoms with Gasteiger partial charge in [-0.15, -0.1) is 11.3 Å². The van der Waals surface area contributed by atoms with Gasteiger partial charge in [-0.05, 0) is 31.9 Å². The first kappa shape index (κ1) is 12.3. The second kappa shape index (κ2) is 5.09. The van der Waals surface area contributed by atoms with E-state index in [1.165, 1.54) is 11.3 Å². The zero-order chi connectivity index (χ0) is 13.2. The third-order valence-corrected chi connectivity index (χ3v) is 4.44.